The van der Waals surface area contributed by atoms with E-state index in [0.29, 0.717) is 12.4 Å². The Morgan fingerprint density at radius 2 is 2.50 bits per heavy atom. The Bertz CT molecular complexity index is 461. The summed E-state index contributed by atoms with van der Waals surface area (Å²) in [6.07, 6.45) is 4.80. The third-order valence-corrected chi connectivity index (χ3v) is 3.30. The van der Waals surface area contributed by atoms with Gasteiger partial charge in [0.05, 0.1) is 9.95 Å². The number of hydrogen-bond acceptors (Lipinski definition) is 6. The van der Waals surface area contributed by atoms with Gasteiger partial charge in [-0.1, -0.05) is 6.07 Å². The molecule has 1 fully saturated rings. The SMILES string of the molecule is CSc1ccc(CN2CCN/C2=C\[N+](=O)[O-])cn1. The van der Waals surface area contributed by atoms with E-state index in [1.807, 2.05) is 29.5 Å². The number of hydrogen-bond donors (Lipinski definition) is 1. The highest BCUT2D eigenvalue weighted by Crippen LogP contribution is 2.15. The Kier molecular flexibility index (Phi) is 4.03. The van der Waals surface area contributed by atoms with E-state index in [9.17, 15) is 10.1 Å². The normalized spacial score (nSPS) is 16.9. The van der Waals surface area contributed by atoms with Gasteiger partial charge in [-0.05, 0) is 17.9 Å². The van der Waals surface area contributed by atoms with Crippen LogP contribution < -0.4 is 5.32 Å². The largest absolute Gasteiger partial charge is 0.365 e. The van der Waals surface area contributed by atoms with Crippen molar-refractivity contribution in [2.24, 2.45) is 0 Å². The Hall–Kier alpha value is -1.76. The summed E-state index contributed by atoms with van der Waals surface area (Å²) in [4.78, 5) is 16.3. The first-order valence-electron chi connectivity index (χ1n) is 5.52. The van der Waals surface area contributed by atoms with Crippen LogP contribution in [0.3, 0.4) is 0 Å². The van der Waals surface area contributed by atoms with Crippen molar-refractivity contribution < 1.29 is 4.92 Å². The molecule has 6 nitrogen and oxygen atoms in total. The summed E-state index contributed by atoms with van der Waals surface area (Å²) in [5.41, 5.74) is 1.05. The second-order valence-electron chi connectivity index (χ2n) is 3.86. The highest BCUT2D eigenvalue weighted by molar-refractivity contribution is 7.98. The topological polar surface area (TPSA) is 71.3 Å². The van der Waals surface area contributed by atoms with E-state index in [-0.39, 0.29) is 0 Å². The lowest BCUT2D eigenvalue weighted by atomic mass is 10.2. The second-order valence-corrected chi connectivity index (χ2v) is 4.68. The van der Waals surface area contributed by atoms with Crippen molar-refractivity contribution >= 4 is 11.8 Å². The summed E-state index contributed by atoms with van der Waals surface area (Å²) in [5.74, 6) is 0.564. The van der Waals surface area contributed by atoms with Crippen LogP contribution >= 0.6 is 11.8 Å². The standard InChI is InChI=1S/C11H14N4O2S/c1-18-11-3-2-9(6-13-11)7-14-5-4-12-10(14)8-15(16)17/h2-3,6,8,12H,4-5,7H2,1H3/b10-8+. The third-order valence-electron chi connectivity index (χ3n) is 2.64. The van der Waals surface area contributed by atoms with Gasteiger partial charge in [0.25, 0.3) is 6.20 Å². The first-order chi connectivity index (χ1) is 8.69. The maximum absolute atomic E-state index is 10.5. The number of rotatable bonds is 4. The number of nitrogens with zero attached hydrogens (tertiary/aromatic N) is 3. The maximum atomic E-state index is 10.5. The number of aromatic nitrogens is 1. The fourth-order valence-electron chi connectivity index (χ4n) is 1.79. The third kappa shape index (κ3) is 3.13. The maximum Gasteiger partial charge on any atom is 0.274 e. The van der Waals surface area contributed by atoms with E-state index in [1.54, 1.807) is 11.8 Å². The molecule has 18 heavy (non-hydrogen) atoms. The molecule has 0 aromatic carbocycles. The molecule has 1 aromatic heterocycles. The summed E-state index contributed by atoms with van der Waals surface area (Å²) in [6, 6.07) is 3.96. The molecule has 1 aromatic rings. The Morgan fingerprint density at radius 3 is 3.11 bits per heavy atom. The fraction of sp³-hybridized carbons (Fsp3) is 0.364. The van der Waals surface area contributed by atoms with Crippen molar-refractivity contribution in [3.63, 3.8) is 0 Å². The van der Waals surface area contributed by atoms with Gasteiger partial charge in [-0.25, -0.2) is 4.98 Å². The van der Waals surface area contributed by atoms with Crippen molar-refractivity contribution in [3.8, 4) is 0 Å². The lowest BCUT2D eigenvalue weighted by Gasteiger charge is -2.16. The van der Waals surface area contributed by atoms with E-state index >= 15 is 0 Å². The summed E-state index contributed by atoms with van der Waals surface area (Å²) in [5, 5.41) is 14.5. The molecule has 0 saturated carbocycles. The summed E-state index contributed by atoms with van der Waals surface area (Å²) in [7, 11) is 0. The van der Waals surface area contributed by atoms with Crippen LogP contribution in [-0.2, 0) is 6.54 Å². The van der Waals surface area contributed by atoms with Crippen LogP contribution in [0.25, 0.3) is 0 Å². The molecule has 0 atom stereocenters. The van der Waals surface area contributed by atoms with Crippen LogP contribution in [0.2, 0.25) is 0 Å². The highest BCUT2D eigenvalue weighted by Gasteiger charge is 2.19. The van der Waals surface area contributed by atoms with Crippen molar-refractivity contribution in [1.29, 1.82) is 0 Å². The van der Waals surface area contributed by atoms with Gasteiger partial charge in [0.1, 0.15) is 0 Å². The molecular formula is C11H14N4O2S. The molecule has 1 saturated heterocycles. The first-order valence-corrected chi connectivity index (χ1v) is 6.74. The van der Waals surface area contributed by atoms with Crippen molar-refractivity contribution in [3.05, 3.63) is 46.0 Å². The van der Waals surface area contributed by atoms with E-state index in [4.69, 9.17) is 0 Å². The predicted octanol–water partition coefficient (Wildman–Crippen LogP) is 1.28. The monoisotopic (exact) mass is 266 g/mol. The molecule has 1 N–H and O–H groups in total. The summed E-state index contributed by atoms with van der Waals surface area (Å²) < 4.78 is 0. The van der Waals surface area contributed by atoms with Gasteiger partial charge in [-0.3, -0.25) is 10.1 Å². The first kappa shape index (κ1) is 12.7. The van der Waals surface area contributed by atoms with Crippen molar-refractivity contribution in [1.82, 2.24) is 15.2 Å². The Labute approximate surface area is 109 Å². The minimum Gasteiger partial charge on any atom is -0.365 e. The molecule has 0 bridgehead atoms. The predicted molar refractivity (Wildman–Crippen MR) is 69.5 cm³/mol. The van der Waals surface area contributed by atoms with E-state index < -0.39 is 4.92 Å². The molecule has 1 aliphatic rings. The van der Waals surface area contributed by atoms with Gasteiger partial charge < -0.3 is 10.2 Å². The van der Waals surface area contributed by atoms with Crippen LogP contribution in [0.4, 0.5) is 0 Å². The molecule has 7 heteroatoms. The molecule has 0 aliphatic carbocycles. The zero-order valence-corrected chi connectivity index (χ0v) is 10.8. The molecule has 0 unspecified atom stereocenters. The zero-order chi connectivity index (χ0) is 13.0. The molecule has 2 heterocycles. The van der Waals surface area contributed by atoms with E-state index in [1.165, 1.54) is 0 Å². The van der Waals surface area contributed by atoms with E-state index in [2.05, 4.69) is 10.3 Å². The molecule has 96 valence electrons. The minimum absolute atomic E-state index is 0.435. The number of thioether (sulfide) groups is 1. The Balaban J connectivity index is 2.05. The summed E-state index contributed by atoms with van der Waals surface area (Å²) in [6.45, 7) is 2.13. The number of nitrogens with one attached hydrogen (secondary N) is 1. The van der Waals surface area contributed by atoms with Gasteiger partial charge >= 0.3 is 0 Å². The highest BCUT2D eigenvalue weighted by atomic mass is 32.2. The molecule has 2 rings (SSSR count). The van der Waals surface area contributed by atoms with Gasteiger partial charge in [-0.15, -0.1) is 11.8 Å². The van der Waals surface area contributed by atoms with Crippen LogP contribution in [-0.4, -0.2) is 34.2 Å². The molecular weight excluding hydrogens is 252 g/mol. The number of nitro groups is 1. The minimum atomic E-state index is -0.435. The molecule has 0 spiro atoms. The van der Waals surface area contributed by atoms with Crippen LogP contribution in [0, 0.1) is 10.1 Å². The molecule has 0 radical (unpaired) electrons. The van der Waals surface area contributed by atoms with Crippen molar-refractivity contribution in [2.75, 3.05) is 19.3 Å². The molecule has 1 aliphatic heterocycles. The van der Waals surface area contributed by atoms with Crippen LogP contribution in [0.1, 0.15) is 5.56 Å². The lowest BCUT2D eigenvalue weighted by Crippen LogP contribution is -2.20. The Morgan fingerprint density at radius 1 is 1.67 bits per heavy atom. The second kappa shape index (κ2) is 5.72. The van der Waals surface area contributed by atoms with E-state index in [0.717, 1.165) is 29.9 Å². The van der Waals surface area contributed by atoms with Crippen molar-refractivity contribution in [2.45, 2.75) is 11.6 Å². The van der Waals surface area contributed by atoms with Crippen LogP contribution in [0.5, 0.6) is 0 Å². The smallest absolute Gasteiger partial charge is 0.274 e. The van der Waals surface area contributed by atoms with Gasteiger partial charge in [0, 0.05) is 25.8 Å². The number of pyridine rings is 1. The quantitative estimate of drug-likeness (QED) is 0.503. The van der Waals surface area contributed by atoms with Crippen LogP contribution in [0.15, 0.2) is 35.4 Å². The van der Waals surface area contributed by atoms with Gasteiger partial charge in [0.2, 0.25) is 0 Å². The average Bonchev–Trinajstić information content (AvgIpc) is 2.77. The fourth-order valence-corrected chi connectivity index (χ4v) is 2.15. The summed E-state index contributed by atoms with van der Waals surface area (Å²) >= 11 is 1.59. The van der Waals surface area contributed by atoms with Gasteiger partial charge in [0.15, 0.2) is 5.82 Å². The lowest BCUT2D eigenvalue weighted by molar-refractivity contribution is -0.404. The van der Waals surface area contributed by atoms with Gasteiger partial charge in [-0.2, -0.15) is 0 Å². The zero-order valence-electron chi connectivity index (χ0n) is 10.00. The molecule has 0 amide bonds. The average molecular weight is 266 g/mol.